The standard InChI is InChI=1S/C14H17N5/c1-2-19(14(17)18-13(15)16)12-9-5-7-10-6-3-4-8-11(10)12/h3-9H,2H2,1H3,(H5,15,16,17,18). The minimum atomic E-state index is -0.233. The summed E-state index contributed by atoms with van der Waals surface area (Å²) in [6.45, 7) is 2.57. The Balaban J connectivity index is 2.46. The van der Waals surface area contributed by atoms with Crippen molar-refractivity contribution in [2.24, 2.45) is 5.73 Å². The Labute approximate surface area is 112 Å². The first kappa shape index (κ1) is 12.9. The summed E-state index contributed by atoms with van der Waals surface area (Å²) in [4.78, 5) is 1.78. The van der Waals surface area contributed by atoms with Gasteiger partial charge in [-0.05, 0) is 18.4 Å². The van der Waals surface area contributed by atoms with E-state index < -0.39 is 0 Å². The number of benzene rings is 2. The summed E-state index contributed by atoms with van der Waals surface area (Å²) in [5.41, 5.74) is 6.21. The predicted octanol–water partition coefficient (Wildman–Crippen LogP) is 2.08. The number of hydrogen-bond donors (Lipinski definition) is 4. The third kappa shape index (κ3) is 2.65. The number of nitrogens with zero attached hydrogens (tertiary/aromatic N) is 1. The number of nitrogens with one attached hydrogen (secondary N) is 3. The fourth-order valence-electron chi connectivity index (χ4n) is 2.09. The maximum Gasteiger partial charge on any atom is 0.202 e. The van der Waals surface area contributed by atoms with Crippen LogP contribution in [0.1, 0.15) is 6.92 Å². The highest BCUT2D eigenvalue weighted by Crippen LogP contribution is 2.26. The predicted molar refractivity (Wildman–Crippen MR) is 79.7 cm³/mol. The van der Waals surface area contributed by atoms with Crippen molar-refractivity contribution in [3.63, 3.8) is 0 Å². The third-order valence-corrected chi connectivity index (χ3v) is 2.90. The zero-order valence-electron chi connectivity index (χ0n) is 10.8. The van der Waals surface area contributed by atoms with E-state index in [9.17, 15) is 0 Å². The fourth-order valence-corrected chi connectivity index (χ4v) is 2.09. The summed E-state index contributed by atoms with van der Waals surface area (Å²) in [7, 11) is 0. The minimum absolute atomic E-state index is 0.103. The lowest BCUT2D eigenvalue weighted by Crippen LogP contribution is -2.46. The molecule has 0 fully saturated rings. The van der Waals surface area contributed by atoms with Gasteiger partial charge in [0.1, 0.15) is 0 Å². The molecule has 5 nitrogen and oxygen atoms in total. The van der Waals surface area contributed by atoms with Crippen LogP contribution in [0, 0.1) is 10.8 Å². The van der Waals surface area contributed by atoms with Crippen molar-refractivity contribution < 1.29 is 0 Å². The van der Waals surface area contributed by atoms with Crippen molar-refractivity contribution in [2.45, 2.75) is 6.92 Å². The van der Waals surface area contributed by atoms with E-state index in [0.717, 1.165) is 16.5 Å². The molecule has 0 saturated carbocycles. The Morgan fingerprint density at radius 2 is 1.84 bits per heavy atom. The van der Waals surface area contributed by atoms with Gasteiger partial charge in [-0.2, -0.15) is 0 Å². The molecule has 0 aliphatic heterocycles. The van der Waals surface area contributed by atoms with Crippen LogP contribution in [0.4, 0.5) is 5.69 Å². The van der Waals surface area contributed by atoms with Crippen LogP contribution in [0.3, 0.4) is 0 Å². The van der Waals surface area contributed by atoms with E-state index in [-0.39, 0.29) is 11.9 Å². The van der Waals surface area contributed by atoms with E-state index >= 15 is 0 Å². The molecule has 2 aromatic rings. The molecule has 0 atom stereocenters. The normalized spacial score (nSPS) is 10.2. The van der Waals surface area contributed by atoms with E-state index in [0.29, 0.717) is 6.54 Å². The molecule has 0 spiro atoms. The molecule has 0 aliphatic rings. The van der Waals surface area contributed by atoms with Crippen molar-refractivity contribution in [1.82, 2.24) is 5.32 Å². The van der Waals surface area contributed by atoms with Gasteiger partial charge in [-0.3, -0.25) is 16.1 Å². The molecule has 19 heavy (non-hydrogen) atoms. The zero-order valence-corrected chi connectivity index (χ0v) is 10.8. The summed E-state index contributed by atoms with van der Waals surface area (Å²) < 4.78 is 0. The number of nitrogens with two attached hydrogens (primary N) is 1. The monoisotopic (exact) mass is 255 g/mol. The smallest absolute Gasteiger partial charge is 0.202 e. The second-order valence-corrected chi connectivity index (χ2v) is 4.13. The molecule has 2 rings (SSSR count). The average Bonchev–Trinajstić information content (AvgIpc) is 2.39. The molecular weight excluding hydrogens is 238 g/mol. The second kappa shape index (κ2) is 5.39. The highest BCUT2D eigenvalue weighted by molar-refractivity contribution is 6.08. The lowest BCUT2D eigenvalue weighted by Gasteiger charge is -2.25. The molecule has 0 amide bonds. The van der Waals surface area contributed by atoms with Gasteiger partial charge in [-0.1, -0.05) is 36.4 Å². The lowest BCUT2D eigenvalue weighted by molar-refractivity contribution is 1.01. The molecule has 0 aliphatic carbocycles. The summed E-state index contributed by atoms with van der Waals surface area (Å²) in [5.74, 6) is -0.130. The van der Waals surface area contributed by atoms with Gasteiger partial charge >= 0.3 is 0 Å². The first-order chi connectivity index (χ1) is 9.13. The van der Waals surface area contributed by atoms with Crippen LogP contribution in [-0.4, -0.2) is 18.5 Å². The van der Waals surface area contributed by atoms with Crippen LogP contribution in [0.2, 0.25) is 0 Å². The summed E-state index contributed by atoms with van der Waals surface area (Å²) in [6.07, 6.45) is 0. The Morgan fingerprint density at radius 1 is 1.16 bits per heavy atom. The van der Waals surface area contributed by atoms with Crippen LogP contribution >= 0.6 is 0 Å². The first-order valence-electron chi connectivity index (χ1n) is 6.08. The molecule has 5 heteroatoms. The Hall–Kier alpha value is -2.56. The molecule has 0 heterocycles. The summed E-state index contributed by atoms with van der Waals surface area (Å²) in [6, 6.07) is 14.0. The van der Waals surface area contributed by atoms with Crippen LogP contribution in [0.5, 0.6) is 0 Å². The Bertz CT molecular complexity index is 615. The molecule has 0 radical (unpaired) electrons. The number of guanidine groups is 2. The largest absolute Gasteiger partial charge is 0.370 e. The molecule has 0 aromatic heterocycles. The summed E-state index contributed by atoms with van der Waals surface area (Å²) >= 11 is 0. The molecule has 98 valence electrons. The molecule has 0 unspecified atom stereocenters. The molecule has 2 aromatic carbocycles. The van der Waals surface area contributed by atoms with Crippen molar-refractivity contribution in [2.75, 3.05) is 11.4 Å². The van der Waals surface area contributed by atoms with Gasteiger partial charge in [0.2, 0.25) is 5.96 Å². The van der Waals surface area contributed by atoms with Gasteiger partial charge in [-0.25, -0.2) is 0 Å². The van der Waals surface area contributed by atoms with E-state index in [1.54, 1.807) is 4.90 Å². The maximum absolute atomic E-state index is 7.98. The lowest BCUT2D eigenvalue weighted by atomic mass is 10.1. The highest BCUT2D eigenvalue weighted by Gasteiger charge is 2.13. The van der Waals surface area contributed by atoms with E-state index in [2.05, 4.69) is 5.32 Å². The topological polar surface area (TPSA) is 89.0 Å². The van der Waals surface area contributed by atoms with Gasteiger partial charge in [0.25, 0.3) is 0 Å². The van der Waals surface area contributed by atoms with Gasteiger partial charge < -0.3 is 10.6 Å². The summed E-state index contributed by atoms with van der Waals surface area (Å²) in [5, 5.41) is 19.9. The van der Waals surface area contributed by atoms with E-state index in [1.807, 2.05) is 49.4 Å². The zero-order chi connectivity index (χ0) is 13.8. The molecule has 5 N–H and O–H groups in total. The highest BCUT2D eigenvalue weighted by atomic mass is 15.3. The van der Waals surface area contributed by atoms with E-state index in [4.69, 9.17) is 16.6 Å². The number of anilines is 1. The van der Waals surface area contributed by atoms with Crippen LogP contribution < -0.4 is 16.0 Å². The molecular formula is C14H17N5. The van der Waals surface area contributed by atoms with Crippen molar-refractivity contribution >= 4 is 28.4 Å². The Morgan fingerprint density at radius 3 is 2.53 bits per heavy atom. The quantitative estimate of drug-likeness (QED) is 0.489. The van der Waals surface area contributed by atoms with Crippen LogP contribution in [-0.2, 0) is 0 Å². The van der Waals surface area contributed by atoms with Gasteiger partial charge in [-0.15, -0.1) is 0 Å². The van der Waals surface area contributed by atoms with Crippen molar-refractivity contribution in [3.8, 4) is 0 Å². The molecule has 0 bridgehead atoms. The van der Waals surface area contributed by atoms with Gasteiger partial charge in [0, 0.05) is 11.9 Å². The Kier molecular flexibility index (Phi) is 3.66. The van der Waals surface area contributed by atoms with Crippen LogP contribution in [0.25, 0.3) is 10.8 Å². The van der Waals surface area contributed by atoms with Gasteiger partial charge in [0.15, 0.2) is 5.96 Å². The third-order valence-electron chi connectivity index (χ3n) is 2.90. The SMILES string of the molecule is CCN(C(=N)NC(=N)N)c1cccc2ccccc12. The van der Waals surface area contributed by atoms with Crippen molar-refractivity contribution in [1.29, 1.82) is 10.8 Å². The van der Waals surface area contributed by atoms with Crippen LogP contribution in [0.15, 0.2) is 42.5 Å². The number of hydrogen-bond acceptors (Lipinski definition) is 2. The molecule has 0 saturated heterocycles. The minimum Gasteiger partial charge on any atom is -0.370 e. The van der Waals surface area contributed by atoms with Crippen molar-refractivity contribution in [3.05, 3.63) is 42.5 Å². The first-order valence-corrected chi connectivity index (χ1v) is 6.08. The fraction of sp³-hybridized carbons (Fsp3) is 0.143. The number of fused-ring (bicyclic) bond motifs is 1. The van der Waals surface area contributed by atoms with Gasteiger partial charge in [0.05, 0.1) is 5.69 Å². The van der Waals surface area contributed by atoms with E-state index in [1.165, 1.54) is 0 Å². The second-order valence-electron chi connectivity index (χ2n) is 4.13. The average molecular weight is 255 g/mol. The maximum atomic E-state index is 7.98. The number of rotatable bonds is 2.